The Labute approximate surface area is 159 Å². The Balaban J connectivity index is 1.80. The minimum atomic E-state index is -0.646. The first-order valence-corrected chi connectivity index (χ1v) is 9.14. The minimum Gasteiger partial charge on any atom is -0.422 e. The average molecular weight is 368 g/mol. The molecule has 5 aromatic rings. The summed E-state index contributed by atoms with van der Waals surface area (Å²) in [6, 6.07) is 20.5. The molecule has 0 fully saturated rings. The van der Waals surface area contributed by atoms with Gasteiger partial charge in [-0.3, -0.25) is 9.36 Å². The maximum Gasteiger partial charge on any atom is 0.349 e. The van der Waals surface area contributed by atoms with E-state index < -0.39 is 11.5 Å². The third kappa shape index (κ3) is 2.36. The van der Waals surface area contributed by atoms with Gasteiger partial charge in [-0.1, -0.05) is 49.4 Å². The van der Waals surface area contributed by atoms with E-state index in [4.69, 9.17) is 4.42 Å². The van der Waals surface area contributed by atoms with Crippen molar-refractivity contribution in [2.24, 2.45) is 0 Å². The molecule has 5 rings (SSSR count). The summed E-state index contributed by atoms with van der Waals surface area (Å²) < 4.78 is 7.01. The molecule has 0 saturated carbocycles. The zero-order valence-electron chi connectivity index (χ0n) is 15.2. The number of hydrogen-bond acceptors (Lipinski definition) is 4. The smallest absolute Gasteiger partial charge is 0.349 e. The van der Waals surface area contributed by atoms with Crippen molar-refractivity contribution in [2.75, 3.05) is 0 Å². The molecule has 28 heavy (non-hydrogen) atoms. The predicted octanol–water partition coefficient (Wildman–Crippen LogP) is 4.55. The van der Waals surface area contributed by atoms with Gasteiger partial charge in [0, 0.05) is 11.8 Å². The summed E-state index contributed by atoms with van der Waals surface area (Å²) in [5.41, 5.74) is 1.23. The first kappa shape index (κ1) is 16.4. The molecule has 0 unspecified atom stereocenters. The molecule has 0 N–H and O–H groups in total. The van der Waals surface area contributed by atoms with Crippen molar-refractivity contribution in [1.82, 2.24) is 9.55 Å². The summed E-state index contributed by atoms with van der Waals surface area (Å²) >= 11 is 0. The van der Waals surface area contributed by atoms with E-state index in [0.29, 0.717) is 23.3 Å². The molecule has 0 bridgehead atoms. The van der Waals surface area contributed by atoms with E-state index >= 15 is 0 Å². The number of benzene rings is 3. The van der Waals surface area contributed by atoms with Crippen LogP contribution in [0.25, 0.3) is 32.8 Å². The van der Waals surface area contributed by atoms with Crippen molar-refractivity contribution >= 4 is 38.7 Å². The number of carbonyl (C=O) groups is 1. The third-order valence-corrected chi connectivity index (χ3v) is 5.02. The van der Waals surface area contributed by atoms with Crippen LogP contribution in [0.5, 0.6) is 0 Å². The maximum atomic E-state index is 13.4. The molecular formula is C23H16N2O3. The van der Waals surface area contributed by atoms with Gasteiger partial charge >= 0.3 is 5.63 Å². The monoisotopic (exact) mass is 368 g/mol. The van der Waals surface area contributed by atoms with Crippen LogP contribution < -0.4 is 5.63 Å². The van der Waals surface area contributed by atoms with Crippen LogP contribution in [0.1, 0.15) is 23.1 Å². The predicted molar refractivity (Wildman–Crippen MR) is 109 cm³/mol. The lowest BCUT2D eigenvalue weighted by molar-refractivity contribution is 0.0958. The number of carbonyl (C=O) groups excluding carboxylic acids is 1. The van der Waals surface area contributed by atoms with E-state index in [-0.39, 0.29) is 5.56 Å². The van der Waals surface area contributed by atoms with Gasteiger partial charge in [0.15, 0.2) is 0 Å². The lowest BCUT2D eigenvalue weighted by Crippen LogP contribution is -2.22. The molecule has 0 radical (unpaired) electrons. The van der Waals surface area contributed by atoms with Crippen LogP contribution in [0.4, 0.5) is 0 Å². The van der Waals surface area contributed by atoms with E-state index in [9.17, 15) is 9.59 Å². The second-order valence-electron chi connectivity index (χ2n) is 6.66. The molecular weight excluding hydrogens is 352 g/mol. The SMILES string of the molecule is CCc1nc2ccccc2n1C(=O)c1cc2c(ccc3ccccc32)oc1=O. The summed E-state index contributed by atoms with van der Waals surface area (Å²) in [6.45, 7) is 1.93. The van der Waals surface area contributed by atoms with Gasteiger partial charge in [0.05, 0.1) is 11.0 Å². The molecule has 0 aliphatic heterocycles. The Hall–Kier alpha value is -3.73. The van der Waals surface area contributed by atoms with Crippen molar-refractivity contribution in [2.45, 2.75) is 13.3 Å². The van der Waals surface area contributed by atoms with Gasteiger partial charge in [0.25, 0.3) is 5.91 Å². The fourth-order valence-electron chi connectivity index (χ4n) is 3.68. The molecule has 0 spiro atoms. The van der Waals surface area contributed by atoms with Crippen LogP contribution in [0.3, 0.4) is 0 Å². The fraction of sp³-hybridized carbons (Fsp3) is 0.0870. The van der Waals surface area contributed by atoms with Gasteiger partial charge in [-0.15, -0.1) is 0 Å². The Bertz CT molecular complexity index is 1440. The largest absolute Gasteiger partial charge is 0.422 e. The number of nitrogens with zero attached hydrogens (tertiary/aromatic N) is 2. The Kier molecular flexibility index (Phi) is 3.62. The highest BCUT2D eigenvalue weighted by molar-refractivity contribution is 6.09. The summed E-state index contributed by atoms with van der Waals surface area (Å²) in [5, 5.41) is 2.69. The molecule has 5 heteroatoms. The van der Waals surface area contributed by atoms with Crippen molar-refractivity contribution in [3.05, 3.63) is 88.5 Å². The number of fused-ring (bicyclic) bond motifs is 4. The van der Waals surface area contributed by atoms with Crippen LogP contribution in [0.15, 0.2) is 75.9 Å². The van der Waals surface area contributed by atoms with E-state index in [1.165, 1.54) is 4.57 Å². The number of imidazole rings is 1. The zero-order chi connectivity index (χ0) is 19.3. The van der Waals surface area contributed by atoms with Crippen molar-refractivity contribution in [3.63, 3.8) is 0 Å². The molecule has 0 amide bonds. The van der Waals surface area contributed by atoms with E-state index in [1.807, 2.05) is 61.5 Å². The fourth-order valence-corrected chi connectivity index (χ4v) is 3.68. The molecule has 0 aliphatic carbocycles. The Morgan fingerprint density at radius 2 is 1.79 bits per heavy atom. The Morgan fingerprint density at radius 3 is 2.64 bits per heavy atom. The number of rotatable bonds is 2. The molecule has 0 saturated heterocycles. The molecule has 0 atom stereocenters. The lowest BCUT2D eigenvalue weighted by atomic mass is 10.0. The third-order valence-electron chi connectivity index (χ3n) is 5.02. The minimum absolute atomic E-state index is 0.00158. The molecule has 3 aromatic carbocycles. The number of aromatic nitrogens is 2. The summed E-state index contributed by atoms with van der Waals surface area (Å²) in [5.74, 6) is 0.192. The second kappa shape index (κ2) is 6.16. The van der Waals surface area contributed by atoms with E-state index in [0.717, 1.165) is 21.7 Å². The number of aryl methyl sites for hydroxylation is 1. The van der Waals surface area contributed by atoms with Crippen molar-refractivity contribution in [3.8, 4) is 0 Å². The highest BCUT2D eigenvalue weighted by Gasteiger charge is 2.21. The average Bonchev–Trinajstić information content (AvgIpc) is 3.11. The van der Waals surface area contributed by atoms with Gasteiger partial charge in [0.2, 0.25) is 0 Å². The van der Waals surface area contributed by atoms with E-state index in [2.05, 4.69) is 4.98 Å². The van der Waals surface area contributed by atoms with Crippen LogP contribution in [-0.4, -0.2) is 15.5 Å². The van der Waals surface area contributed by atoms with Gasteiger partial charge < -0.3 is 4.42 Å². The van der Waals surface area contributed by atoms with Crippen LogP contribution >= 0.6 is 0 Å². The highest BCUT2D eigenvalue weighted by atomic mass is 16.4. The summed E-state index contributed by atoms with van der Waals surface area (Å²) in [4.78, 5) is 30.5. The van der Waals surface area contributed by atoms with E-state index in [1.54, 1.807) is 12.1 Å². The number of para-hydroxylation sites is 2. The quantitative estimate of drug-likeness (QED) is 0.339. The van der Waals surface area contributed by atoms with Crippen molar-refractivity contribution in [1.29, 1.82) is 0 Å². The van der Waals surface area contributed by atoms with Crippen LogP contribution in [0, 0.1) is 0 Å². The molecule has 136 valence electrons. The number of hydrogen-bond donors (Lipinski definition) is 0. The Morgan fingerprint density at radius 1 is 1.00 bits per heavy atom. The molecule has 0 aliphatic rings. The summed E-state index contributed by atoms with van der Waals surface area (Å²) in [6.07, 6.45) is 0.572. The maximum absolute atomic E-state index is 13.4. The molecule has 2 aromatic heterocycles. The standard InChI is InChI=1S/C23H16N2O3/c1-2-21-24-18-9-5-6-10-19(18)25(21)22(26)17-13-16-15-8-4-3-7-14(15)11-12-20(16)28-23(17)27/h3-13H,2H2,1H3. The molecule has 5 nitrogen and oxygen atoms in total. The summed E-state index contributed by atoms with van der Waals surface area (Å²) in [7, 11) is 0. The highest BCUT2D eigenvalue weighted by Crippen LogP contribution is 2.26. The molecule has 2 heterocycles. The van der Waals surface area contributed by atoms with Gasteiger partial charge in [-0.05, 0) is 35.0 Å². The van der Waals surface area contributed by atoms with Gasteiger partial charge in [-0.25, -0.2) is 9.78 Å². The first-order chi connectivity index (χ1) is 13.7. The van der Waals surface area contributed by atoms with Gasteiger partial charge in [-0.2, -0.15) is 0 Å². The first-order valence-electron chi connectivity index (χ1n) is 9.14. The van der Waals surface area contributed by atoms with Crippen molar-refractivity contribution < 1.29 is 9.21 Å². The second-order valence-corrected chi connectivity index (χ2v) is 6.66. The van der Waals surface area contributed by atoms with Gasteiger partial charge in [0.1, 0.15) is 17.0 Å². The van der Waals surface area contributed by atoms with Crippen LogP contribution in [0.2, 0.25) is 0 Å². The van der Waals surface area contributed by atoms with Crippen LogP contribution in [-0.2, 0) is 6.42 Å². The zero-order valence-corrected chi connectivity index (χ0v) is 15.2. The lowest BCUT2D eigenvalue weighted by Gasteiger charge is -2.08. The topological polar surface area (TPSA) is 65.1 Å². The normalized spacial score (nSPS) is 11.5.